The molecule has 2 rings (SSSR count). The Balaban J connectivity index is 2.69. The number of aromatic hydroxyl groups is 1. The fourth-order valence-corrected chi connectivity index (χ4v) is 1.78. The SMILES string of the molecule is COC(=O)c1cc2c(C(=O)CN)ccc(O)c2[nH]1. The molecule has 0 unspecified atom stereocenters. The second kappa shape index (κ2) is 4.50. The Kier molecular flexibility index (Phi) is 3.03. The fraction of sp³-hybridized carbons (Fsp3) is 0.167. The monoisotopic (exact) mass is 248 g/mol. The van der Waals surface area contributed by atoms with E-state index in [0.717, 1.165) is 0 Å². The number of phenolic OH excluding ortho intramolecular Hbond substituents is 1. The summed E-state index contributed by atoms with van der Waals surface area (Å²) in [5.41, 5.74) is 6.15. The minimum Gasteiger partial charge on any atom is -0.506 e. The van der Waals surface area contributed by atoms with Crippen LogP contribution in [0.25, 0.3) is 10.9 Å². The van der Waals surface area contributed by atoms with Crippen molar-refractivity contribution in [3.05, 3.63) is 29.5 Å². The number of aromatic nitrogens is 1. The number of rotatable bonds is 3. The van der Waals surface area contributed by atoms with Crippen molar-refractivity contribution in [2.45, 2.75) is 0 Å². The number of ketones is 1. The molecule has 1 aromatic carbocycles. The van der Waals surface area contributed by atoms with Gasteiger partial charge in [0.1, 0.15) is 11.4 Å². The number of hydrogen-bond acceptors (Lipinski definition) is 5. The Bertz CT molecular complexity index is 630. The van der Waals surface area contributed by atoms with Gasteiger partial charge in [-0.3, -0.25) is 4.79 Å². The van der Waals surface area contributed by atoms with Gasteiger partial charge in [0.15, 0.2) is 5.78 Å². The lowest BCUT2D eigenvalue weighted by Gasteiger charge is -2.01. The Hall–Kier alpha value is -2.34. The summed E-state index contributed by atoms with van der Waals surface area (Å²) in [5.74, 6) is -0.888. The van der Waals surface area contributed by atoms with Crippen LogP contribution in [0.15, 0.2) is 18.2 Å². The van der Waals surface area contributed by atoms with Crippen LogP contribution in [0.1, 0.15) is 20.8 Å². The van der Waals surface area contributed by atoms with Crippen LogP contribution in [0.2, 0.25) is 0 Å². The summed E-state index contributed by atoms with van der Waals surface area (Å²) in [6.07, 6.45) is 0. The Labute approximate surface area is 102 Å². The number of methoxy groups -OCH3 is 1. The quantitative estimate of drug-likeness (QED) is 0.550. The highest BCUT2D eigenvalue weighted by atomic mass is 16.5. The van der Waals surface area contributed by atoms with Gasteiger partial charge in [0.25, 0.3) is 0 Å². The second-order valence-electron chi connectivity index (χ2n) is 3.72. The number of carbonyl (C=O) groups is 2. The zero-order valence-corrected chi connectivity index (χ0v) is 9.69. The molecule has 4 N–H and O–H groups in total. The van der Waals surface area contributed by atoms with Crippen molar-refractivity contribution in [2.24, 2.45) is 5.73 Å². The fourth-order valence-electron chi connectivity index (χ4n) is 1.78. The van der Waals surface area contributed by atoms with Crippen LogP contribution in [-0.2, 0) is 4.74 Å². The maximum absolute atomic E-state index is 11.7. The molecule has 0 bridgehead atoms. The summed E-state index contributed by atoms with van der Waals surface area (Å²) >= 11 is 0. The molecule has 0 fully saturated rings. The summed E-state index contributed by atoms with van der Waals surface area (Å²) in [6, 6.07) is 4.31. The number of hydrogen-bond donors (Lipinski definition) is 3. The summed E-state index contributed by atoms with van der Waals surface area (Å²) in [7, 11) is 1.25. The molecule has 0 aliphatic carbocycles. The third-order valence-electron chi connectivity index (χ3n) is 2.66. The molecule has 94 valence electrons. The van der Waals surface area contributed by atoms with Crippen molar-refractivity contribution >= 4 is 22.7 Å². The molecule has 0 aliphatic heterocycles. The first-order valence-electron chi connectivity index (χ1n) is 5.24. The van der Waals surface area contributed by atoms with E-state index in [1.54, 1.807) is 0 Å². The minimum atomic E-state index is -0.572. The van der Waals surface area contributed by atoms with E-state index in [-0.39, 0.29) is 23.8 Å². The Morgan fingerprint density at radius 2 is 2.17 bits per heavy atom. The van der Waals surface area contributed by atoms with Gasteiger partial charge < -0.3 is 20.6 Å². The molecule has 2 aromatic rings. The lowest BCUT2D eigenvalue weighted by Crippen LogP contribution is -2.13. The zero-order valence-electron chi connectivity index (χ0n) is 9.69. The van der Waals surface area contributed by atoms with Crippen LogP contribution >= 0.6 is 0 Å². The zero-order chi connectivity index (χ0) is 13.3. The van der Waals surface area contributed by atoms with E-state index >= 15 is 0 Å². The smallest absolute Gasteiger partial charge is 0.354 e. The highest BCUT2D eigenvalue weighted by Crippen LogP contribution is 2.28. The molecule has 0 saturated carbocycles. The normalized spacial score (nSPS) is 10.6. The highest BCUT2D eigenvalue weighted by molar-refractivity contribution is 6.11. The van der Waals surface area contributed by atoms with Crippen molar-refractivity contribution in [2.75, 3.05) is 13.7 Å². The molecule has 1 heterocycles. The van der Waals surface area contributed by atoms with Crippen molar-refractivity contribution in [3.8, 4) is 5.75 Å². The summed E-state index contributed by atoms with van der Waals surface area (Å²) in [5, 5.41) is 10.1. The first-order valence-corrected chi connectivity index (χ1v) is 5.24. The molecule has 0 saturated heterocycles. The number of ether oxygens (including phenoxy) is 1. The van der Waals surface area contributed by atoms with Crippen molar-refractivity contribution in [1.82, 2.24) is 4.98 Å². The molecular formula is C12H12N2O4. The molecule has 0 aliphatic rings. The van der Waals surface area contributed by atoms with Gasteiger partial charge in [-0.05, 0) is 18.2 Å². The maximum Gasteiger partial charge on any atom is 0.354 e. The molecule has 18 heavy (non-hydrogen) atoms. The molecule has 0 atom stereocenters. The first kappa shape index (κ1) is 12.1. The number of carbonyl (C=O) groups excluding carboxylic acids is 2. The predicted molar refractivity (Wildman–Crippen MR) is 64.7 cm³/mol. The summed E-state index contributed by atoms with van der Waals surface area (Å²) in [4.78, 5) is 25.8. The molecule has 0 radical (unpaired) electrons. The van der Waals surface area contributed by atoms with Gasteiger partial charge in [-0.1, -0.05) is 0 Å². The molecule has 0 amide bonds. The third kappa shape index (κ3) is 1.82. The number of nitrogens with two attached hydrogens (primary N) is 1. The average molecular weight is 248 g/mol. The van der Waals surface area contributed by atoms with Gasteiger partial charge in [0.05, 0.1) is 19.2 Å². The number of aromatic amines is 1. The Morgan fingerprint density at radius 1 is 1.44 bits per heavy atom. The molecule has 6 nitrogen and oxygen atoms in total. The van der Waals surface area contributed by atoms with Crippen LogP contribution in [0.5, 0.6) is 5.75 Å². The molecule has 1 aromatic heterocycles. The number of esters is 1. The number of fused-ring (bicyclic) bond motifs is 1. The van der Waals surface area contributed by atoms with Crippen LogP contribution < -0.4 is 5.73 Å². The van der Waals surface area contributed by atoms with Gasteiger partial charge >= 0.3 is 5.97 Å². The van der Waals surface area contributed by atoms with E-state index in [2.05, 4.69) is 9.72 Å². The predicted octanol–water partition coefficient (Wildman–Crippen LogP) is 0.802. The third-order valence-corrected chi connectivity index (χ3v) is 2.66. The van der Waals surface area contributed by atoms with Crippen LogP contribution in [0.4, 0.5) is 0 Å². The molecular weight excluding hydrogens is 236 g/mol. The van der Waals surface area contributed by atoms with Gasteiger partial charge in [-0.25, -0.2) is 4.79 Å². The van der Waals surface area contributed by atoms with Gasteiger partial charge in [0, 0.05) is 10.9 Å². The van der Waals surface area contributed by atoms with Crippen molar-refractivity contribution < 1.29 is 19.4 Å². The van der Waals surface area contributed by atoms with E-state index in [0.29, 0.717) is 16.5 Å². The number of benzene rings is 1. The number of Topliss-reactive ketones (excluding diaryl/α,β-unsaturated/α-hetero) is 1. The highest BCUT2D eigenvalue weighted by Gasteiger charge is 2.17. The van der Waals surface area contributed by atoms with E-state index < -0.39 is 5.97 Å². The van der Waals surface area contributed by atoms with E-state index in [1.165, 1.54) is 25.3 Å². The lowest BCUT2D eigenvalue weighted by atomic mass is 10.1. The van der Waals surface area contributed by atoms with Crippen LogP contribution in [0, 0.1) is 0 Å². The Morgan fingerprint density at radius 3 is 2.78 bits per heavy atom. The average Bonchev–Trinajstić information content (AvgIpc) is 2.83. The number of nitrogens with one attached hydrogen (secondary N) is 1. The summed E-state index contributed by atoms with van der Waals surface area (Å²) in [6.45, 7) is -0.140. The van der Waals surface area contributed by atoms with E-state index in [9.17, 15) is 14.7 Å². The number of H-pyrrole nitrogens is 1. The minimum absolute atomic E-state index is 0.0475. The van der Waals surface area contributed by atoms with Gasteiger partial charge in [-0.2, -0.15) is 0 Å². The van der Waals surface area contributed by atoms with Gasteiger partial charge in [0.2, 0.25) is 0 Å². The van der Waals surface area contributed by atoms with Crippen LogP contribution in [0.3, 0.4) is 0 Å². The largest absolute Gasteiger partial charge is 0.506 e. The first-order chi connectivity index (χ1) is 8.58. The van der Waals surface area contributed by atoms with Gasteiger partial charge in [-0.15, -0.1) is 0 Å². The topological polar surface area (TPSA) is 105 Å². The standard InChI is InChI=1S/C12H12N2O4/c1-18-12(17)8-4-7-6(10(16)5-13)2-3-9(15)11(7)14-8/h2-4,14-15H,5,13H2,1H3. The molecule has 0 spiro atoms. The van der Waals surface area contributed by atoms with Crippen LogP contribution in [-0.4, -0.2) is 35.5 Å². The maximum atomic E-state index is 11.7. The van der Waals surface area contributed by atoms with E-state index in [1.807, 2.05) is 0 Å². The molecule has 6 heteroatoms. The lowest BCUT2D eigenvalue weighted by molar-refractivity contribution is 0.0595. The second-order valence-corrected chi connectivity index (χ2v) is 3.72. The van der Waals surface area contributed by atoms with Crippen molar-refractivity contribution in [1.29, 1.82) is 0 Å². The summed E-state index contributed by atoms with van der Waals surface area (Å²) < 4.78 is 4.57. The van der Waals surface area contributed by atoms with E-state index in [4.69, 9.17) is 5.73 Å². The number of phenols is 1. The van der Waals surface area contributed by atoms with Crippen molar-refractivity contribution in [3.63, 3.8) is 0 Å².